The Bertz CT molecular complexity index is 1140. The monoisotopic (exact) mass is 573 g/mol. The quantitative estimate of drug-likeness (QED) is 0.303. The molecule has 12 heteroatoms. The first-order valence-corrected chi connectivity index (χ1v) is 15.9. The lowest BCUT2D eigenvalue weighted by Gasteiger charge is -2.68. The zero-order chi connectivity index (χ0) is 28.3. The van der Waals surface area contributed by atoms with E-state index in [2.05, 4.69) is 11.8 Å². The van der Waals surface area contributed by atoms with Crippen LogP contribution in [0.25, 0.3) is 0 Å². The maximum atomic E-state index is 12.9. The molecule has 5 aliphatic carbocycles. The van der Waals surface area contributed by atoms with Gasteiger partial charge in [-0.2, -0.15) is 8.42 Å². The van der Waals surface area contributed by atoms with Crippen molar-refractivity contribution in [3.05, 3.63) is 0 Å². The van der Waals surface area contributed by atoms with Crippen LogP contribution in [0, 0.1) is 34.5 Å². The van der Waals surface area contributed by atoms with Crippen molar-refractivity contribution in [2.45, 2.75) is 81.2 Å². The molecule has 6 aliphatic rings. The molecule has 39 heavy (non-hydrogen) atoms. The molecule has 1 saturated heterocycles. The molecule has 11 nitrogen and oxygen atoms in total. The molecule has 1 spiro atoms. The van der Waals surface area contributed by atoms with E-state index in [4.69, 9.17) is 23.1 Å². The van der Waals surface area contributed by atoms with Gasteiger partial charge in [-0.3, -0.25) is 13.9 Å². The summed E-state index contributed by atoms with van der Waals surface area (Å²) in [5.41, 5.74) is -4.05. The summed E-state index contributed by atoms with van der Waals surface area (Å²) in [5.74, 6) is -1.78. The largest absolute Gasteiger partial charge is 0.462 e. The second-order valence-corrected chi connectivity index (χ2v) is 14.7. The highest BCUT2D eigenvalue weighted by molar-refractivity contribution is 7.86. The third-order valence-electron chi connectivity index (χ3n) is 11.8. The highest BCUT2D eigenvalue weighted by atomic mass is 32.2. The number of methoxy groups -OCH3 is 3. The predicted octanol–water partition coefficient (Wildman–Crippen LogP) is 0.172. The van der Waals surface area contributed by atoms with E-state index in [-0.39, 0.29) is 36.7 Å². The lowest BCUT2D eigenvalue weighted by Crippen LogP contribution is -2.76. The number of rotatable bonds is 8. The molecular weight excluding hydrogens is 530 g/mol. The Kier molecular flexibility index (Phi) is 6.40. The molecule has 0 aromatic rings. The van der Waals surface area contributed by atoms with Gasteiger partial charge in [0.25, 0.3) is 10.1 Å². The molecule has 2 N–H and O–H groups in total. The van der Waals surface area contributed by atoms with Crippen molar-refractivity contribution in [2.75, 3.05) is 47.3 Å². The van der Waals surface area contributed by atoms with Gasteiger partial charge in [0.2, 0.25) is 0 Å². The number of ether oxygens (including phenoxy) is 4. The SMILES string of the molecule is CCN1C[C@]2(COC)C(OC(C)=O)CC[C@@]34[C@@H]5C[C@@]6(O)[C@@H](OC)C[C@@](O)([C@H]5[C@H]6OS(C)(=O)=O)[C@@H]([C@H](OC)[C@H]23)[C@@H]14. The predicted molar refractivity (Wildman–Crippen MR) is 137 cm³/mol. The van der Waals surface area contributed by atoms with Gasteiger partial charge in [0.15, 0.2) is 0 Å². The van der Waals surface area contributed by atoms with Crippen molar-refractivity contribution in [1.29, 1.82) is 0 Å². The number of hydrogen-bond donors (Lipinski definition) is 2. The van der Waals surface area contributed by atoms with Crippen LogP contribution in [-0.2, 0) is 38.0 Å². The summed E-state index contributed by atoms with van der Waals surface area (Å²) in [7, 11) is 0.853. The van der Waals surface area contributed by atoms with Gasteiger partial charge in [0, 0.05) is 70.4 Å². The number of carbonyl (C=O) groups excluding carboxylic acids is 1. The molecule has 5 saturated carbocycles. The molecule has 1 heterocycles. The molecule has 0 radical (unpaired) electrons. The Morgan fingerprint density at radius 2 is 1.77 bits per heavy atom. The van der Waals surface area contributed by atoms with E-state index in [1.165, 1.54) is 14.0 Å². The molecule has 222 valence electrons. The molecule has 0 aromatic carbocycles. The number of fused-ring (bicyclic) bond motifs is 2. The fraction of sp³-hybridized carbons (Fsp3) is 0.963. The minimum Gasteiger partial charge on any atom is -0.462 e. The maximum absolute atomic E-state index is 12.9. The summed E-state index contributed by atoms with van der Waals surface area (Å²) in [6.45, 7) is 5.20. The zero-order valence-corrected chi connectivity index (χ0v) is 24.5. The average Bonchev–Trinajstić information content (AvgIpc) is 3.21. The number of aliphatic hydroxyl groups is 2. The Hall–Kier alpha value is -0.860. The summed E-state index contributed by atoms with van der Waals surface area (Å²) in [5, 5.41) is 25.0. The Balaban J connectivity index is 1.61. The van der Waals surface area contributed by atoms with Crippen LogP contribution in [0.4, 0.5) is 0 Å². The van der Waals surface area contributed by atoms with Gasteiger partial charge in [-0.15, -0.1) is 0 Å². The van der Waals surface area contributed by atoms with Crippen LogP contribution in [-0.4, -0.2) is 118 Å². The highest BCUT2D eigenvalue weighted by Crippen LogP contribution is 2.80. The molecule has 0 amide bonds. The van der Waals surface area contributed by atoms with E-state index in [1.54, 1.807) is 14.2 Å². The fourth-order valence-corrected chi connectivity index (χ4v) is 12.0. The maximum Gasteiger partial charge on any atom is 0.302 e. The van der Waals surface area contributed by atoms with E-state index in [1.807, 2.05) is 0 Å². The Morgan fingerprint density at radius 3 is 2.33 bits per heavy atom. The fourth-order valence-electron chi connectivity index (χ4n) is 11.3. The molecule has 6 fully saturated rings. The number of nitrogens with zero attached hydrogens (tertiary/aromatic N) is 1. The van der Waals surface area contributed by atoms with Crippen molar-refractivity contribution in [2.24, 2.45) is 34.5 Å². The summed E-state index contributed by atoms with van der Waals surface area (Å²) in [6.07, 6.45) is -0.0736. The normalized spacial score (nSPS) is 53.6. The second kappa shape index (κ2) is 8.82. The van der Waals surface area contributed by atoms with Gasteiger partial charge >= 0.3 is 5.97 Å². The van der Waals surface area contributed by atoms with Gasteiger partial charge in [-0.1, -0.05) is 6.92 Å². The first-order chi connectivity index (χ1) is 18.3. The van der Waals surface area contributed by atoms with Crippen molar-refractivity contribution in [3.8, 4) is 0 Å². The number of carbonyl (C=O) groups is 1. The van der Waals surface area contributed by atoms with E-state index in [0.717, 1.165) is 6.26 Å². The summed E-state index contributed by atoms with van der Waals surface area (Å²) < 4.78 is 54.8. The number of esters is 1. The van der Waals surface area contributed by atoms with Crippen LogP contribution in [0.1, 0.15) is 39.5 Å². The third-order valence-corrected chi connectivity index (χ3v) is 12.4. The standard InChI is InChI=1S/C27H43NO10S/c1-7-28-12-24(13-34-3)16(37-14(2)29)8-9-25-15-10-26(30)17(35-4)11-27(31,18(15)23(26)38-39(6,32)33)19(22(25)28)20(36-5)21(24)25/h15-23,30-31H,7-13H2,1-6H3/t15-,16?,17+,18-,19+,20+,21-,22-,23-,24+,25-,26-,27-/m1/s1. The Labute approximate surface area is 230 Å². The summed E-state index contributed by atoms with van der Waals surface area (Å²) >= 11 is 0. The number of piperidine rings is 1. The molecular formula is C27H43NO10S. The average molecular weight is 574 g/mol. The lowest BCUT2D eigenvalue weighted by atomic mass is 9.43. The first kappa shape index (κ1) is 28.3. The van der Waals surface area contributed by atoms with Crippen molar-refractivity contribution >= 4 is 16.1 Å². The number of hydrogen-bond acceptors (Lipinski definition) is 11. The molecule has 6 rings (SSSR count). The van der Waals surface area contributed by atoms with Gasteiger partial charge in [0.05, 0.1) is 30.7 Å². The first-order valence-electron chi connectivity index (χ1n) is 14.1. The minimum atomic E-state index is -3.96. The van der Waals surface area contributed by atoms with Crippen molar-refractivity contribution in [3.63, 3.8) is 0 Å². The molecule has 1 aliphatic heterocycles. The molecule has 0 aromatic heterocycles. The minimum absolute atomic E-state index is 0.0659. The number of likely N-dealkylation sites (tertiary alicyclic amines) is 1. The summed E-state index contributed by atoms with van der Waals surface area (Å²) in [6, 6.07) is -0.0659. The van der Waals surface area contributed by atoms with Gasteiger partial charge in [-0.05, 0) is 37.1 Å². The van der Waals surface area contributed by atoms with Crippen molar-refractivity contribution < 1.29 is 46.6 Å². The van der Waals surface area contributed by atoms with Crippen LogP contribution in [0.2, 0.25) is 0 Å². The van der Waals surface area contributed by atoms with Gasteiger partial charge < -0.3 is 29.2 Å². The van der Waals surface area contributed by atoms with Gasteiger partial charge in [0.1, 0.15) is 17.8 Å². The van der Waals surface area contributed by atoms with Crippen LogP contribution in [0.15, 0.2) is 0 Å². The van der Waals surface area contributed by atoms with E-state index < -0.39 is 68.4 Å². The molecule has 7 bridgehead atoms. The lowest BCUT2D eigenvalue weighted by molar-refractivity contribution is -0.270. The second-order valence-electron chi connectivity index (χ2n) is 13.1. The highest BCUT2D eigenvalue weighted by Gasteiger charge is 2.88. The van der Waals surface area contributed by atoms with Crippen LogP contribution < -0.4 is 0 Å². The van der Waals surface area contributed by atoms with Gasteiger partial charge in [-0.25, -0.2) is 0 Å². The summed E-state index contributed by atoms with van der Waals surface area (Å²) in [4.78, 5) is 14.7. The molecule has 1 unspecified atom stereocenters. The van der Waals surface area contributed by atoms with Crippen LogP contribution in [0.3, 0.4) is 0 Å². The molecule has 13 atom stereocenters. The smallest absolute Gasteiger partial charge is 0.302 e. The van der Waals surface area contributed by atoms with E-state index >= 15 is 0 Å². The topological polar surface area (TPSA) is 141 Å². The van der Waals surface area contributed by atoms with Crippen molar-refractivity contribution in [1.82, 2.24) is 4.90 Å². The van der Waals surface area contributed by atoms with Crippen LogP contribution >= 0.6 is 0 Å². The third kappa shape index (κ3) is 3.34. The zero-order valence-electron chi connectivity index (χ0n) is 23.7. The van der Waals surface area contributed by atoms with E-state index in [0.29, 0.717) is 32.5 Å². The Morgan fingerprint density at radius 1 is 1.05 bits per heavy atom. The van der Waals surface area contributed by atoms with Crippen LogP contribution in [0.5, 0.6) is 0 Å². The van der Waals surface area contributed by atoms with E-state index in [9.17, 15) is 23.4 Å².